The zero-order chi connectivity index (χ0) is 36.2. The summed E-state index contributed by atoms with van der Waals surface area (Å²) in [4.78, 5) is 49.9. The molecule has 5 rings (SSSR count). The molecule has 2 heterocycles. The lowest BCUT2D eigenvalue weighted by Crippen LogP contribution is -2.57. The summed E-state index contributed by atoms with van der Waals surface area (Å²) in [6, 6.07) is 22.0. The minimum Gasteiger partial charge on any atom is -0.370 e. The lowest BCUT2D eigenvalue weighted by Gasteiger charge is -2.25. The Bertz CT molecular complexity index is 2050. The number of rotatable bonds is 18. The fourth-order valence-electron chi connectivity index (χ4n) is 5.52. The van der Waals surface area contributed by atoms with E-state index in [-0.39, 0.29) is 48.3 Å². The maximum Gasteiger partial charge on any atom is 0.243 e. The lowest BCUT2D eigenvalue weighted by molar-refractivity contribution is -0.130. The van der Waals surface area contributed by atoms with Gasteiger partial charge in [0, 0.05) is 29.2 Å². The van der Waals surface area contributed by atoms with Gasteiger partial charge in [-0.2, -0.15) is 0 Å². The molecule has 2 aromatic heterocycles. The van der Waals surface area contributed by atoms with E-state index < -0.39 is 40.0 Å². The van der Waals surface area contributed by atoms with E-state index in [1.165, 1.54) is 17.5 Å². The van der Waals surface area contributed by atoms with E-state index in [2.05, 4.69) is 25.3 Å². The Hall–Kier alpha value is -4.96. The van der Waals surface area contributed by atoms with Gasteiger partial charge in [-0.3, -0.25) is 19.4 Å². The number of thiazole rings is 1. The topological polar surface area (TPSA) is 199 Å². The van der Waals surface area contributed by atoms with E-state index in [0.717, 1.165) is 32.5 Å². The number of hydrogen-bond acceptors (Lipinski definition) is 9. The predicted molar refractivity (Wildman–Crippen MR) is 202 cm³/mol. The summed E-state index contributed by atoms with van der Waals surface area (Å²) in [5.74, 6) is -2.11. The highest BCUT2D eigenvalue weighted by Gasteiger charge is 2.32. The number of sulfonamides is 1. The van der Waals surface area contributed by atoms with Crippen molar-refractivity contribution in [2.24, 2.45) is 16.5 Å². The molecule has 0 unspecified atom stereocenters. The number of hydrogen-bond donors (Lipinski definition) is 5. The van der Waals surface area contributed by atoms with Crippen LogP contribution in [0.2, 0.25) is 0 Å². The number of nitrogens with zero attached hydrogens (tertiary/aromatic N) is 2. The highest BCUT2D eigenvalue weighted by atomic mass is 32.2. The number of Topliss-reactive ketones (excluding diaryl/α,β-unsaturated/α-hetero) is 1. The monoisotopic (exact) mass is 745 g/mol. The Kier molecular flexibility index (Phi) is 13.0. The van der Waals surface area contributed by atoms with Gasteiger partial charge in [-0.05, 0) is 52.8 Å². The Balaban J connectivity index is 1.43. The number of guanidine groups is 1. The van der Waals surface area contributed by atoms with Gasteiger partial charge in [0.2, 0.25) is 27.6 Å². The molecule has 0 aliphatic heterocycles. The van der Waals surface area contributed by atoms with Crippen LogP contribution in [-0.2, 0) is 38.2 Å². The van der Waals surface area contributed by atoms with Gasteiger partial charge in [0.15, 0.2) is 11.0 Å². The van der Waals surface area contributed by atoms with Crippen molar-refractivity contribution in [2.45, 2.75) is 49.6 Å². The first-order chi connectivity index (χ1) is 24.6. The summed E-state index contributed by atoms with van der Waals surface area (Å²) in [7, 11) is -4.00. The summed E-state index contributed by atoms with van der Waals surface area (Å²) in [6.07, 6.45) is 2.22. The standard InChI is InChI=1S/C36H39N7O5S3/c37-36(38)40-17-9-15-28(32(44)35-39-18-19-49-35)41-33(45)29(21-26-22-50-31-16-8-7-14-27(26)31)42-34(46)30(20-24-10-3-1-4-11-24)43-51(47,48)23-25-12-5-2-6-13-25/h1-8,10-14,16,18-19,22,28-30,43H,9,15,17,20-21,23H2,(H,41,45)(H,42,46)(H4,37,38,40)/t28-,29-,30+/m0/s1. The van der Waals surface area contributed by atoms with Crippen LogP contribution in [0, 0.1) is 0 Å². The van der Waals surface area contributed by atoms with Crippen LogP contribution in [0.1, 0.15) is 39.3 Å². The van der Waals surface area contributed by atoms with E-state index >= 15 is 0 Å². The molecule has 5 aromatic rings. The van der Waals surface area contributed by atoms with E-state index in [9.17, 15) is 22.8 Å². The van der Waals surface area contributed by atoms with Crippen molar-refractivity contribution in [1.29, 1.82) is 0 Å². The highest BCUT2D eigenvalue weighted by molar-refractivity contribution is 7.88. The fraction of sp³-hybridized carbons (Fsp3) is 0.250. The van der Waals surface area contributed by atoms with Crippen LogP contribution in [0.4, 0.5) is 0 Å². The number of aromatic nitrogens is 1. The van der Waals surface area contributed by atoms with E-state index in [4.69, 9.17) is 11.5 Å². The van der Waals surface area contributed by atoms with Crippen molar-refractivity contribution in [3.05, 3.63) is 124 Å². The van der Waals surface area contributed by atoms with Crippen molar-refractivity contribution in [2.75, 3.05) is 6.54 Å². The number of carbonyl (C=O) groups excluding carboxylic acids is 3. The second-order valence-electron chi connectivity index (χ2n) is 11.8. The van der Waals surface area contributed by atoms with Crippen molar-refractivity contribution < 1.29 is 22.8 Å². The molecule has 3 atom stereocenters. The van der Waals surface area contributed by atoms with Crippen molar-refractivity contribution in [1.82, 2.24) is 20.3 Å². The van der Waals surface area contributed by atoms with Gasteiger partial charge in [-0.15, -0.1) is 22.7 Å². The summed E-state index contributed by atoms with van der Waals surface area (Å²) in [5, 5.41) is 10.4. The first-order valence-electron chi connectivity index (χ1n) is 16.2. The number of carbonyl (C=O) groups is 3. The van der Waals surface area contributed by atoms with Crippen LogP contribution in [-0.4, -0.2) is 61.6 Å². The van der Waals surface area contributed by atoms with Gasteiger partial charge >= 0.3 is 0 Å². The van der Waals surface area contributed by atoms with Crippen LogP contribution in [0.5, 0.6) is 0 Å². The number of amides is 2. The average Bonchev–Trinajstić information content (AvgIpc) is 3.80. The largest absolute Gasteiger partial charge is 0.370 e. The molecule has 266 valence electrons. The molecule has 0 aliphatic rings. The number of aliphatic imine (C=N–C) groups is 1. The van der Waals surface area contributed by atoms with Gasteiger partial charge in [-0.1, -0.05) is 78.9 Å². The maximum atomic E-state index is 14.2. The molecule has 15 heteroatoms. The molecule has 51 heavy (non-hydrogen) atoms. The summed E-state index contributed by atoms with van der Waals surface area (Å²) < 4.78 is 30.4. The van der Waals surface area contributed by atoms with Gasteiger partial charge in [0.1, 0.15) is 12.1 Å². The Morgan fingerprint density at radius 3 is 2.12 bits per heavy atom. The Morgan fingerprint density at radius 1 is 0.784 bits per heavy atom. The molecule has 0 saturated heterocycles. The van der Waals surface area contributed by atoms with Crippen LogP contribution in [0.15, 0.2) is 107 Å². The van der Waals surface area contributed by atoms with E-state index in [0.29, 0.717) is 12.0 Å². The Labute approximate surface area is 304 Å². The van der Waals surface area contributed by atoms with Gasteiger partial charge in [0.25, 0.3) is 0 Å². The van der Waals surface area contributed by atoms with Gasteiger partial charge in [0.05, 0.1) is 11.8 Å². The first-order valence-corrected chi connectivity index (χ1v) is 19.6. The van der Waals surface area contributed by atoms with Crippen molar-refractivity contribution >= 4 is 66.3 Å². The third-order valence-electron chi connectivity index (χ3n) is 7.96. The first kappa shape index (κ1) is 37.3. The molecule has 12 nitrogen and oxygen atoms in total. The van der Waals surface area contributed by atoms with E-state index in [1.807, 2.05) is 35.7 Å². The van der Waals surface area contributed by atoms with E-state index in [1.54, 1.807) is 60.0 Å². The normalized spacial score (nSPS) is 13.2. The molecule has 0 aliphatic carbocycles. The molecular weight excluding hydrogens is 707 g/mol. The van der Waals surface area contributed by atoms with Crippen molar-refractivity contribution in [3.63, 3.8) is 0 Å². The second-order valence-corrected chi connectivity index (χ2v) is 15.4. The molecule has 0 spiro atoms. The summed E-state index contributed by atoms with van der Waals surface area (Å²) in [5.41, 5.74) is 13.0. The fourth-order valence-corrected chi connectivity index (χ4v) is 8.47. The number of thiophene rings is 1. The molecule has 0 bridgehead atoms. The molecule has 2 amide bonds. The zero-order valence-corrected chi connectivity index (χ0v) is 30.1. The lowest BCUT2D eigenvalue weighted by atomic mass is 10.0. The third kappa shape index (κ3) is 11.0. The number of nitrogens with one attached hydrogen (secondary N) is 3. The second kappa shape index (κ2) is 17.8. The summed E-state index contributed by atoms with van der Waals surface area (Å²) in [6.45, 7) is 0.241. The molecule has 7 N–H and O–H groups in total. The van der Waals surface area contributed by atoms with Gasteiger partial charge in [-0.25, -0.2) is 18.1 Å². The number of ketones is 1. The summed E-state index contributed by atoms with van der Waals surface area (Å²) >= 11 is 2.66. The van der Waals surface area contributed by atoms with Crippen LogP contribution >= 0.6 is 22.7 Å². The number of fused-ring (bicyclic) bond motifs is 1. The Morgan fingerprint density at radius 2 is 1.43 bits per heavy atom. The maximum absolute atomic E-state index is 14.2. The zero-order valence-electron chi connectivity index (χ0n) is 27.6. The molecule has 3 aromatic carbocycles. The van der Waals surface area contributed by atoms with Crippen LogP contribution in [0.25, 0.3) is 10.1 Å². The number of benzene rings is 3. The minimum atomic E-state index is -4.00. The molecule has 0 radical (unpaired) electrons. The van der Waals surface area contributed by atoms with Gasteiger partial charge < -0.3 is 22.1 Å². The number of nitrogens with two attached hydrogens (primary N) is 2. The minimum absolute atomic E-state index is 0.0341. The van der Waals surface area contributed by atoms with Crippen LogP contribution < -0.4 is 26.8 Å². The third-order valence-corrected chi connectivity index (χ3v) is 11.1. The predicted octanol–water partition coefficient (Wildman–Crippen LogP) is 3.54. The van der Waals surface area contributed by atoms with Crippen molar-refractivity contribution in [3.8, 4) is 0 Å². The highest BCUT2D eigenvalue weighted by Crippen LogP contribution is 2.27. The SMILES string of the molecule is NC(N)=NCCC[C@H](NC(=O)[C@H](Cc1csc2ccccc12)NC(=O)[C@@H](Cc1ccccc1)NS(=O)(=O)Cc1ccccc1)C(=O)c1nccs1. The molecular formula is C36H39N7O5S3. The smallest absolute Gasteiger partial charge is 0.243 e. The average molecular weight is 746 g/mol. The molecule has 0 fully saturated rings. The molecule has 0 saturated carbocycles. The quantitative estimate of drug-likeness (QED) is 0.0388. The van der Waals surface area contributed by atoms with Crippen LogP contribution in [0.3, 0.4) is 0 Å².